The molecule has 6 heteroatoms. The molecule has 20 heavy (non-hydrogen) atoms. The highest BCUT2D eigenvalue weighted by Crippen LogP contribution is 1.84. The molecule has 0 aromatic heterocycles. The second-order valence-electron chi connectivity index (χ2n) is 4.41. The topological polar surface area (TPSA) is 83.8 Å². The Kier molecular flexibility index (Phi) is 23.9. The molecule has 0 bridgehead atoms. The average Bonchev–Trinajstić information content (AvgIpc) is 2.15. The number of nitrogens with zero attached hydrogens (tertiary/aromatic N) is 2. The van der Waals surface area contributed by atoms with Crippen LogP contribution in [0.5, 0.6) is 0 Å². The smallest absolute Gasteiger partial charge is 0.154 e. The Balaban J connectivity index is -0.0000000871. The van der Waals surface area contributed by atoms with Crippen LogP contribution in [0.25, 0.3) is 0 Å². The van der Waals surface area contributed by atoms with Crippen molar-refractivity contribution in [1.82, 2.24) is 10.1 Å². The summed E-state index contributed by atoms with van der Waals surface area (Å²) in [7, 11) is 6.44. The van der Waals surface area contributed by atoms with E-state index < -0.39 is 0 Å². The fourth-order valence-corrected chi connectivity index (χ4v) is 0. The second kappa shape index (κ2) is 17.7. The lowest BCUT2D eigenvalue weighted by molar-refractivity contribution is -0.114. The number of allylic oxidation sites excluding steroid dienone is 2. The normalized spacial score (nSPS) is 8.20. The van der Waals surface area contributed by atoms with E-state index in [9.17, 15) is 9.59 Å². The molecule has 0 radical (unpaired) electrons. The Morgan fingerprint density at radius 2 is 0.900 bits per heavy atom. The van der Waals surface area contributed by atoms with E-state index in [2.05, 4.69) is 13.2 Å². The molecule has 0 spiro atoms. The van der Waals surface area contributed by atoms with Crippen molar-refractivity contribution in [2.24, 2.45) is 0 Å². The molecule has 0 saturated carbocycles. The first-order valence-electron chi connectivity index (χ1n) is 5.83. The Labute approximate surface area is 122 Å². The largest absolute Gasteiger partial charge is 0.339 e. The number of carbonyl (C=O) groups is 2. The van der Waals surface area contributed by atoms with Crippen molar-refractivity contribution in [2.45, 2.75) is 27.7 Å². The van der Waals surface area contributed by atoms with Gasteiger partial charge in [0.25, 0.3) is 0 Å². The van der Waals surface area contributed by atoms with Crippen LogP contribution in [0, 0.1) is 0 Å². The minimum absolute atomic E-state index is 0.0648. The minimum Gasteiger partial charge on any atom is -0.339 e. The van der Waals surface area contributed by atoms with Crippen molar-refractivity contribution in [3.05, 3.63) is 24.3 Å². The summed E-state index contributed by atoms with van der Waals surface area (Å²) in [6.07, 6.45) is 0. The lowest BCUT2D eigenvalue weighted by Crippen LogP contribution is -2.01. The van der Waals surface area contributed by atoms with Gasteiger partial charge in [-0.05, 0) is 38.8 Å². The van der Waals surface area contributed by atoms with E-state index in [1.54, 1.807) is 42.0 Å². The highest BCUT2D eigenvalue weighted by atomic mass is 16.5. The van der Waals surface area contributed by atoms with Crippen LogP contribution >= 0.6 is 0 Å². The first-order valence-corrected chi connectivity index (χ1v) is 5.83. The number of rotatable bonds is 2. The van der Waals surface area contributed by atoms with Gasteiger partial charge in [0, 0.05) is 14.1 Å². The molecule has 0 atom stereocenters. The lowest BCUT2D eigenvalue weighted by atomic mass is 10.3. The molecule has 0 aliphatic carbocycles. The van der Waals surface area contributed by atoms with Gasteiger partial charge in [-0.1, -0.05) is 18.2 Å². The van der Waals surface area contributed by atoms with Gasteiger partial charge in [-0.25, -0.2) is 0 Å². The number of hydrogen-bond acceptors (Lipinski definition) is 5. The summed E-state index contributed by atoms with van der Waals surface area (Å²) in [6.45, 7) is 13.2. The zero-order chi connectivity index (χ0) is 17.5. The first-order chi connectivity index (χ1) is 8.75. The first kappa shape index (κ1) is 27.1. The van der Waals surface area contributed by atoms with E-state index in [1.807, 2.05) is 0 Å². The average molecular weight is 291 g/mol. The van der Waals surface area contributed by atoms with Gasteiger partial charge >= 0.3 is 0 Å². The van der Waals surface area contributed by atoms with E-state index >= 15 is 0 Å². The summed E-state index contributed by atoms with van der Waals surface area (Å²) in [4.78, 5) is 20.1. The van der Waals surface area contributed by atoms with E-state index in [0.29, 0.717) is 11.1 Å². The van der Waals surface area contributed by atoms with Gasteiger partial charge in [0.05, 0.1) is 14.1 Å². The molecule has 0 amide bonds. The molecular weight excluding hydrogens is 260 g/mol. The number of hydrogen-bond donors (Lipinski definition) is 1. The molecule has 0 heterocycles. The SMILES string of the molecule is C=C(C)C(C)=O.C=C(C)C(C)=O.CN(C)O.CN(C)[OH2+]. The molecule has 0 aromatic rings. The molecule has 120 valence electrons. The van der Waals surface area contributed by atoms with Crippen molar-refractivity contribution in [3.8, 4) is 0 Å². The molecule has 0 aliphatic rings. The quantitative estimate of drug-likeness (QED) is 0.472. The third kappa shape index (κ3) is 92.1. The van der Waals surface area contributed by atoms with Crippen LogP contribution < -0.4 is 0 Å². The van der Waals surface area contributed by atoms with Gasteiger partial charge in [0.1, 0.15) is 0 Å². The fourth-order valence-electron chi connectivity index (χ4n) is 0. The summed E-state index contributed by atoms with van der Waals surface area (Å²) in [5.41, 5.74) is 1.24. The summed E-state index contributed by atoms with van der Waals surface area (Å²) < 4.78 is 0. The lowest BCUT2D eigenvalue weighted by Gasteiger charge is -1.89. The van der Waals surface area contributed by atoms with Crippen LogP contribution in [0.15, 0.2) is 24.3 Å². The van der Waals surface area contributed by atoms with Crippen LogP contribution in [0.4, 0.5) is 0 Å². The molecular formula is C14H31N2O4+. The van der Waals surface area contributed by atoms with Gasteiger partial charge in [0.15, 0.2) is 11.6 Å². The molecule has 6 nitrogen and oxygen atoms in total. The summed E-state index contributed by atoms with van der Waals surface area (Å²) in [6, 6.07) is 0. The van der Waals surface area contributed by atoms with E-state index in [1.165, 1.54) is 18.9 Å². The highest BCUT2D eigenvalue weighted by molar-refractivity contribution is 5.92. The third-order valence-corrected chi connectivity index (χ3v) is 1.20. The zero-order valence-electron chi connectivity index (χ0n) is 14.1. The monoisotopic (exact) mass is 291 g/mol. The Morgan fingerprint density at radius 3 is 0.900 bits per heavy atom. The van der Waals surface area contributed by atoms with E-state index in [4.69, 9.17) is 10.4 Å². The van der Waals surface area contributed by atoms with Gasteiger partial charge in [-0.2, -0.15) is 5.06 Å². The number of Topliss-reactive ketones (excluding diaryl/α,β-unsaturated/α-hetero) is 2. The molecule has 0 saturated heterocycles. The predicted molar refractivity (Wildman–Crippen MR) is 83.8 cm³/mol. The number of hydroxylamine groups is 4. The van der Waals surface area contributed by atoms with Crippen LogP contribution in [0.3, 0.4) is 0 Å². The summed E-state index contributed by atoms with van der Waals surface area (Å²) in [5.74, 6) is 0.130. The highest BCUT2D eigenvalue weighted by Gasteiger charge is 1.86. The molecule has 3 N–H and O–H groups in total. The van der Waals surface area contributed by atoms with Crippen molar-refractivity contribution in [3.63, 3.8) is 0 Å². The summed E-state index contributed by atoms with van der Waals surface area (Å²) in [5, 5.41) is 16.6. The molecule has 0 fully saturated rings. The minimum atomic E-state index is 0.0648. The maximum absolute atomic E-state index is 10.0. The molecule has 0 rings (SSSR count). The molecule has 0 aliphatic heterocycles. The molecule has 0 unspecified atom stereocenters. The maximum Gasteiger partial charge on any atom is 0.154 e. The Morgan fingerprint density at radius 1 is 0.850 bits per heavy atom. The summed E-state index contributed by atoms with van der Waals surface area (Å²) >= 11 is 0. The van der Waals surface area contributed by atoms with Crippen molar-refractivity contribution in [1.29, 1.82) is 0 Å². The number of ketones is 2. The van der Waals surface area contributed by atoms with Gasteiger partial charge in [-0.3, -0.25) is 9.59 Å². The van der Waals surface area contributed by atoms with Crippen molar-refractivity contribution in [2.75, 3.05) is 28.2 Å². The van der Waals surface area contributed by atoms with E-state index in [0.717, 1.165) is 5.06 Å². The third-order valence-electron chi connectivity index (χ3n) is 1.20. The second-order valence-corrected chi connectivity index (χ2v) is 4.41. The van der Waals surface area contributed by atoms with Crippen molar-refractivity contribution >= 4 is 11.6 Å². The van der Waals surface area contributed by atoms with Crippen LogP contribution in [-0.4, -0.2) is 60.3 Å². The Hall–Kier alpha value is -1.34. The van der Waals surface area contributed by atoms with Crippen molar-refractivity contribution < 1.29 is 20.0 Å². The van der Waals surface area contributed by atoms with Crippen LogP contribution in [0.2, 0.25) is 0 Å². The van der Waals surface area contributed by atoms with Gasteiger partial charge in [-0.15, -0.1) is 0 Å². The predicted octanol–water partition coefficient (Wildman–Crippen LogP) is 1.43. The fraction of sp³-hybridized carbons (Fsp3) is 0.571. The van der Waals surface area contributed by atoms with Crippen LogP contribution in [-0.2, 0) is 9.59 Å². The van der Waals surface area contributed by atoms with Gasteiger partial charge < -0.3 is 10.4 Å². The van der Waals surface area contributed by atoms with Gasteiger partial charge in [0.2, 0.25) is 0 Å². The van der Waals surface area contributed by atoms with Crippen LogP contribution in [0.1, 0.15) is 27.7 Å². The Bertz CT molecular complexity index is 238. The zero-order valence-corrected chi connectivity index (χ0v) is 14.1. The maximum atomic E-state index is 10.0. The molecule has 0 aromatic carbocycles. The standard InChI is InChI=1S/2C5H8O.2C2H7NO/c2*1-4(2)5(3)6;2*1-3(2)4/h2*1H2,2-3H3;2*4H,1-2H3/p+1. The number of carbonyl (C=O) groups excluding carboxylic acids is 2. The van der Waals surface area contributed by atoms with E-state index in [-0.39, 0.29) is 11.6 Å².